The third-order valence-corrected chi connectivity index (χ3v) is 2.95. The number of nitrogens with zero attached hydrogens (tertiary/aromatic N) is 2. The number of benzene rings is 1. The smallest absolute Gasteiger partial charge is 0.441 e. The van der Waals surface area contributed by atoms with Gasteiger partial charge in [-0.3, -0.25) is 0 Å². The van der Waals surface area contributed by atoms with E-state index < -0.39 is 17.2 Å². The fourth-order valence-electron chi connectivity index (χ4n) is 1.98. The third kappa shape index (κ3) is 4.07. The van der Waals surface area contributed by atoms with Gasteiger partial charge in [-0.1, -0.05) is 30.3 Å². The molecule has 1 heterocycles. The normalized spacial score (nSPS) is 17.1. The monoisotopic (exact) mass is 301 g/mol. The zero-order chi connectivity index (χ0) is 13.7. The molecular weight excluding hydrogens is 286 g/mol. The molecule has 110 valence electrons. The molecule has 8 heteroatoms. The number of hydrogen-bond donors (Lipinski definition) is 1. The third-order valence-electron chi connectivity index (χ3n) is 2.95. The van der Waals surface area contributed by atoms with E-state index in [0.717, 1.165) is 5.56 Å². The topological polar surface area (TPSA) is 84.7 Å². The second kappa shape index (κ2) is 7.66. The Morgan fingerprint density at radius 3 is 2.70 bits per heavy atom. The highest BCUT2D eigenvalue weighted by Gasteiger charge is 2.37. The van der Waals surface area contributed by atoms with Gasteiger partial charge < -0.3 is 10.1 Å². The number of rotatable bonds is 4. The summed E-state index contributed by atoms with van der Waals surface area (Å²) in [4.78, 5) is 22.7. The summed E-state index contributed by atoms with van der Waals surface area (Å²) >= 11 is 0. The molecule has 0 aromatic heterocycles. The van der Waals surface area contributed by atoms with Crippen molar-refractivity contribution in [3.05, 3.63) is 46.0 Å². The number of ether oxygens (including phenoxy) is 1. The first-order valence-electron chi connectivity index (χ1n) is 6.03. The molecule has 0 aliphatic carbocycles. The molecular formula is C12H16ClN3O4. The predicted octanol–water partition coefficient (Wildman–Crippen LogP) is 1.60. The van der Waals surface area contributed by atoms with Gasteiger partial charge in [0.05, 0.1) is 0 Å². The second-order valence-corrected chi connectivity index (χ2v) is 4.27. The number of nitro groups is 1. The van der Waals surface area contributed by atoms with Crippen molar-refractivity contribution in [2.45, 2.75) is 19.1 Å². The Morgan fingerprint density at radius 2 is 2.15 bits per heavy atom. The van der Waals surface area contributed by atoms with Crippen LogP contribution in [0.1, 0.15) is 12.0 Å². The Morgan fingerprint density at radius 1 is 1.45 bits per heavy atom. The average Bonchev–Trinajstić information content (AvgIpc) is 2.91. The second-order valence-electron chi connectivity index (χ2n) is 4.27. The molecule has 1 aliphatic rings. The molecule has 1 amide bonds. The number of amides is 1. The van der Waals surface area contributed by atoms with Crippen molar-refractivity contribution in [1.82, 2.24) is 10.3 Å². The molecule has 1 aromatic rings. The molecule has 1 atom stereocenters. The van der Waals surface area contributed by atoms with Crippen LogP contribution in [0.3, 0.4) is 0 Å². The molecule has 1 N–H and O–H groups in total. The summed E-state index contributed by atoms with van der Waals surface area (Å²) in [5.74, 6) is 0. The first-order valence-corrected chi connectivity index (χ1v) is 6.03. The standard InChI is InChI=1S/C12H15N3O4.ClH/c16-12(19-9-10-4-2-1-3-5-10)14(15(17)18)11-6-7-13-8-11;/h1-5,11,13H,6-9H2;1H/t11-;/m1./s1. The zero-order valence-electron chi connectivity index (χ0n) is 10.7. The van der Waals surface area contributed by atoms with Crippen LogP contribution in [0.4, 0.5) is 4.79 Å². The minimum absolute atomic E-state index is 0. The van der Waals surface area contributed by atoms with Crippen LogP contribution < -0.4 is 5.32 Å². The van der Waals surface area contributed by atoms with Crippen LogP contribution in [0.25, 0.3) is 0 Å². The van der Waals surface area contributed by atoms with E-state index in [1.165, 1.54) is 0 Å². The Balaban J connectivity index is 0.00000200. The lowest BCUT2D eigenvalue weighted by Crippen LogP contribution is -2.45. The average molecular weight is 302 g/mol. The highest BCUT2D eigenvalue weighted by atomic mass is 35.5. The summed E-state index contributed by atoms with van der Waals surface area (Å²) in [7, 11) is 0. The van der Waals surface area contributed by atoms with Crippen LogP contribution in [-0.2, 0) is 11.3 Å². The van der Waals surface area contributed by atoms with Gasteiger partial charge >= 0.3 is 6.09 Å². The van der Waals surface area contributed by atoms with Gasteiger partial charge in [-0.15, -0.1) is 12.4 Å². The Hall–Kier alpha value is -1.86. The summed E-state index contributed by atoms with van der Waals surface area (Å²) in [6.07, 6.45) is -0.357. The van der Waals surface area contributed by atoms with Crippen LogP contribution >= 0.6 is 12.4 Å². The molecule has 0 radical (unpaired) electrons. The molecule has 2 rings (SSSR count). The van der Waals surface area contributed by atoms with Crippen molar-refractivity contribution < 1.29 is 14.6 Å². The summed E-state index contributed by atoms with van der Waals surface area (Å²) in [6.45, 7) is 1.12. The molecule has 0 spiro atoms. The maximum absolute atomic E-state index is 11.8. The number of carbonyl (C=O) groups excluding carboxylic acids is 1. The SMILES string of the molecule is Cl.O=C(OCc1ccccc1)N([C@@H]1CCNC1)[N+](=O)[O-]. The molecule has 1 aliphatic heterocycles. The van der Waals surface area contributed by atoms with Crippen molar-refractivity contribution in [2.75, 3.05) is 13.1 Å². The molecule has 1 aromatic carbocycles. The minimum Gasteiger partial charge on any atom is -0.441 e. The van der Waals surface area contributed by atoms with E-state index >= 15 is 0 Å². The van der Waals surface area contributed by atoms with E-state index in [-0.39, 0.29) is 19.0 Å². The van der Waals surface area contributed by atoms with Gasteiger partial charge in [0, 0.05) is 6.54 Å². The maximum Gasteiger partial charge on any atom is 0.468 e. The van der Waals surface area contributed by atoms with Gasteiger partial charge in [-0.2, -0.15) is 0 Å². The van der Waals surface area contributed by atoms with E-state index in [0.29, 0.717) is 24.5 Å². The number of hydrogen-bond acceptors (Lipinski definition) is 5. The lowest BCUT2D eigenvalue weighted by molar-refractivity contribution is -0.643. The van der Waals surface area contributed by atoms with E-state index in [1.54, 1.807) is 12.1 Å². The van der Waals surface area contributed by atoms with Gasteiger partial charge in [0.15, 0.2) is 5.03 Å². The molecule has 0 bridgehead atoms. The molecule has 1 saturated heterocycles. The summed E-state index contributed by atoms with van der Waals surface area (Å²) in [6, 6.07) is 8.61. The molecule has 20 heavy (non-hydrogen) atoms. The van der Waals surface area contributed by atoms with E-state index in [4.69, 9.17) is 4.74 Å². The lowest BCUT2D eigenvalue weighted by atomic mass is 10.2. The quantitative estimate of drug-likeness (QED) is 0.674. The maximum atomic E-state index is 11.8. The number of halogens is 1. The van der Waals surface area contributed by atoms with Crippen LogP contribution in [0, 0.1) is 10.1 Å². The predicted molar refractivity (Wildman–Crippen MR) is 74.0 cm³/mol. The summed E-state index contributed by atoms with van der Waals surface area (Å²) in [5, 5.41) is 13.8. The Labute approximate surface area is 122 Å². The van der Waals surface area contributed by atoms with E-state index in [2.05, 4.69) is 5.32 Å². The van der Waals surface area contributed by atoms with Gasteiger partial charge in [-0.25, -0.2) is 14.9 Å². The van der Waals surface area contributed by atoms with Crippen molar-refractivity contribution in [3.63, 3.8) is 0 Å². The molecule has 0 saturated carbocycles. The van der Waals surface area contributed by atoms with Crippen LogP contribution in [-0.4, -0.2) is 35.3 Å². The van der Waals surface area contributed by atoms with Gasteiger partial charge in [0.1, 0.15) is 12.6 Å². The first-order chi connectivity index (χ1) is 9.18. The number of carbonyl (C=O) groups is 1. The van der Waals surface area contributed by atoms with E-state index in [9.17, 15) is 14.9 Å². The summed E-state index contributed by atoms with van der Waals surface area (Å²) in [5.41, 5.74) is 0.795. The molecule has 0 unspecified atom stereocenters. The largest absolute Gasteiger partial charge is 0.468 e. The van der Waals surface area contributed by atoms with Gasteiger partial charge in [0.25, 0.3) is 0 Å². The zero-order valence-corrected chi connectivity index (χ0v) is 11.5. The van der Waals surface area contributed by atoms with Crippen molar-refractivity contribution >= 4 is 18.5 Å². The molecule has 1 fully saturated rings. The van der Waals surface area contributed by atoms with Gasteiger partial charge in [0.2, 0.25) is 0 Å². The Bertz CT molecular complexity index is 451. The lowest BCUT2D eigenvalue weighted by Gasteiger charge is -2.17. The van der Waals surface area contributed by atoms with E-state index in [1.807, 2.05) is 18.2 Å². The van der Waals surface area contributed by atoms with Crippen molar-refractivity contribution in [1.29, 1.82) is 0 Å². The Kier molecular flexibility index (Phi) is 6.20. The van der Waals surface area contributed by atoms with Crippen molar-refractivity contribution in [3.8, 4) is 0 Å². The first kappa shape index (κ1) is 16.2. The van der Waals surface area contributed by atoms with Crippen LogP contribution in [0.5, 0.6) is 0 Å². The number of hydrazine groups is 1. The fraction of sp³-hybridized carbons (Fsp3) is 0.417. The number of nitrogens with one attached hydrogen (secondary N) is 1. The van der Waals surface area contributed by atoms with Crippen LogP contribution in [0.2, 0.25) is 0 Å². The van der Waals surface area contributed by atoms with Gasteiger partial charge in [-0.05, 0) is 23.5 Å². The van der Waals surface area contributed by atoms with Crippen molar-refractivity contribution in [2.24, 2.45) is 0 Å². The minimum atomic E-state index is -0.914. The highest BCUT2D eigenvalue weighted by molar-refractivity contribution is 5.85. The van der Waals surface area contributed by atoms with Crippen LogP contribution in [0.15, 0.2) is 30.3 Å². The summed E-state index contributed by atoms with van der Waals surface area (Å²) < 4.78 is 4.98. The molecule has 7 nitrogen and oxygen atoms in total. The highest BCUT2D eigenvalue weighted by Crippen LogP contribution is 2.11. The fourth-order valence-corrected chi connectivity index (χ4v) is 1.98.